The third-order valence-electron chi connectivity index (χ3n) is 3.73. The van der Waals surface area contributed by atoms with Crippen molar-refractivity contribution in [1.82, 2.24) is 9.88 Å². The van der Waals surface area contributed by atoms with Gasteiger partial charge >= 0.3 is 0 Å². The summed E-state index contributed by atoms with van der Waals surface area (Å²) >= 11 is 0. The number of piperidine rings is 1. The van der Waals surface area contributed by atoms with Crippen molar-refractivity contribution < 1.29 is 9.59 Å². The largest absolute Gasteiger partial charge is 0.384 e. The average Bonchev–Trinajstić information content (AvgIpc) is 2.49. The van der Waals surface area contributed by atoms with Crippen LogP contribution in [0.15, 0.2) is 18.3 Å². The summed E-state index contributed by atoms with van der Waals surface area (Å²) in [5, 5.41) is 2.85. The zero-order valence-corrected chi connectivity index (χ0v) is 12.5. The van der Waals surface area contributed by atoms with Gasteiger partial charge in [-0.3, -0.25) is 9.59 Å². The number of likely N-dealkylation sites (tertiary alicyclic amines) is 1. The van der Waals surface area contributed by atoms with Crippen LogP contribution in [-0.2, 0) is 9.59 Å². The van der Waals surface area contributed by atoms with Gasteiger partial charge in [-0.25, -0.2) is 4.98 Å². The van der Waals surface area contributed by atoms with Crippen LogP contribution in [0, 0.1) is 11.8 Å². The number of pyridine rings is 1. The molecule has 1 aliphatic rings. The Morgan fingerprint density at radius 2 is 2.00 bits per heavy atom. The number of hydrogen-bond acceptors (Lipinski definition) is 4. The van der Waals surface area contributed by atoms with E-state index in [-0.39, 0.29) is 23.7 Å². The number of nitrogens with two attached hydrogens (primary N) is 1. The predicted octanol–water partition coefficient (Wildman–Crippen LogP) is 1.50. The second kappa shape index (κ2) is 6.56. The second-order valence-corrected chi connectivity index (χ2v) is 5.72. The van der Waals surface area contributed by atoms with Crippen molar-refractivity contribution >= 4 is 23.3 Å². The molecule has 21 heavy (non-hydrogen) atoms. The maximum absolute atomic E-state index is 12.2. The molecule has 6 heteroatoms. The van der Waals surface area contributed by atoms with Gasteiger partial charge in [-0.05, 0) is 25.0 Å². The van der Waals surface area contributed by atoms with Gasteiger partial charge in [0.05, 0.1) is 11.9 Å². The standard InChI is InChI=1S/C15H22N4O2/c1-10(2)15(21)19-7-5-11(6-8-19)14(20)18-12-3-4-13(16)17-9-12/h3-4,9-11H,5-8H2,1-2H3,(H2,16,17)(H,18,20). The first-order valence-corrected chi connectivity index (χ1v) is 7.28. The van der Waals surface area contributed by atoms with Crippen molar-refractivity contribution in [1.29, 1.82) is 0 Å². The van der Waals surface area contributed by atoms with E-state index < -0.39 is 0 Å². The van der Waals surface area contributed by atoms with E-state index in [9.17, 15) is 9.59 Å². The van der Waals surface area contributed by atoms with Gasteiger partial charge in [0.1, 0.15) is 5.82 Å². The highest BCUT2D eigenvalue weighted by molar-refractivity contribution is 5.92. The maximum atomic E-state index is 12.2. The number of amides is 2. The van der Waals surface area contributed by atoms with Crippen LogP contribution in [0.5, 0.6) is 0 Å². The highest BCUT2D eigenvalue weighted by Crippen LogP contribution is 2.20. The summed E-state index contributed by atoms with van der Waals surface area (Å²) < 4.78 is 0. The lowest BCUT2D eigenvalue weighted by Gasteiger charge is -2.32. The summed E-state index contributed by atoms with van der Waals surface area (Å²) in [5.41, 5.74) is 6.16. The minimum atomic E-state index is -0.0567. The van der Waals surface area contributed by atoms with E-state index >= 15 is 0 Å². The van der Waals surface area contributed by atoms with E-state index in [0.717, 1.165) is 0 Å². The predicted molar refractivity (Wildman–Crippen MR) is 81.4 cm³/mol. The fourth-order valence-electron chi connectivity index (χ4n) is 2.45. The van der Waals surface area contributed by atoms with Gasteiger partial charge in [-0.15, -0.1) is 0 Å². The fraction of sp³-hybridized carbons (Fsp3) is 0.533. The fourth-order valence-corrected chi connectivity index (χ4v) is 2.45. The molecule has 0 radical (unpaired) electrons. The molecular weight excluding hydrogens is 268 g/mol. The molecule has 1 aliphatic heterocycles. The third-order valence-corrected chi connectivity index (χ3v) is 3.73. The lowest BCUT2D eigenvalue weighted by Crippen LogP contribution is -2.43. The zero-order valence-electron chi connectivity index (χ0n) is 12.5. The lowest BCUT2D eigenvalue weighted by atomic mass is 9.95. The molecule has 1 aromatic rings. The summed E-state index contributed by atoms with van der Waals surface area (Å²) in [7, 11) is 0. The molecule has 1 saturated heterocycles. The van der Waals surface area contributed by atoms with E-state index in [1.54, 1.807) is 18.3 Å². The minimum Gasteiger partial charge on any atom is -0.384 e. The smallest absolute Gasteiger partial charge is 0.227 e. The van der Waals surface area contributed by atoms with E-state index in [2.05, 4.69) is 10.3 Å². The third kappa shape index (κ3) is 3.93. The molecule has 2 rings (SSSR count). The molecule has 114 valence electrons. The minimum absolute atomic E-state index is 0.0104. The van der Waals surface area contributed by atoms with Crippen LogP contribution in [-0.4, -0.2) is 34.8 Å². The summed E-state index contributed by atoms with van der Waals surface area (Å²) in [6.45, 7) is 5.09. The topological polar surface area (TPSA) is 88.3 Å². The number of nitrogens with zero attached hydrogens (tertiary/aromatic N) is 2. The molecule has 1 fully saturated rings. The van der Waals surface area contributed by atoms with Gasteiger partial charge in [0.25, 0.3) is 0 Å². The van der Waals surface area contributed by atoms with E-state index in [4.69, 9.17) is 5.73 Å². The van der Waals surface area contributed by atoms with E-state index in [0.29, 0.717) is 37.4 Å². The first-order valence-electron chi connectivity index (χ1n) is 7.28. The molecule has 6 nitrogen and oxygen atoms in total. The highest BCUT2D eigenvalue weighted by Gasteiger charge is 2.28. The van der Waals surface area contributed by atoms with Gasteiger partial charge < -0.3 is 16.0 Å². The Balaban J connectivity index is 1.86. The van der Waals surface area contributed by atoms with Crippen molar-refractivity contribution in [3.05, 3.63) is 18.3 Å². The van der Waals surface area contributed by atoms with E-state index in [1.807, 2.05) is 18.7 Å². The molecule has 0 spiro atoms. The summed E-state index contributed by atoms with van der Waals surface area (Å²) in [6, 6.07) is 3.39. The van der Waals surface area contributed by atoms with Gasteiger partial charge in [0.15, 0.2) is 0 Å². The van der Waals surface area contributed by atoms with Crippen LogP contribution in [0.2, 0.25) is 0 Å². The summed E-state index contributed by atoms with van der Waals surface area (Å²) in [5.74, 6) is 0.526. The number of carbonyl (C=O) groups is 2. The Bertz CT molecular complexity index is 505. The number of nitrogens with one attached hydrogen (secondary N) is 1. The lowest BCUT2D eigenvalue weighted by molar-refractivity contribution is -0.137. The molecule has 0 bridgehead atoms. The van der Waals surface area contributed by atoms with Gasteiger partial charge in [-0.1, -0.05) is 13.8 Å². The van der Waals surface area contributed by atoms with Crippen LogP contribution in [0.4, 0.5) is 11.5 Å². The van der Waals surface area contributed by atoms with Crippen molar-refractivity contribution in [2.24, 2.45) is 11.8 Å². The highest BCUT2D eigenvalue weighted by atomic mass is 16.2. The zero-order chi connectivity index (χ0) is 15.4. The Morgan fingerprint density at radius 3 is 2.52 bits per heavy atom. The molecular formula is C15H22N4O2. The Morgan fingerprint density at radius 1 is 1.33 bits per heavy atom. The van der Waals surface area contributed by atoms with Crippen LogP contribution in [0.25, 0.3) is 0 Å². The molecule has 0 aliphatic carbocycles. The molecule has 0 aromatic carbocycles. The monoisotopic (exact) mass is 290 g/mol. The number of nitrogen functional groups attached to an aromatic ring is 1. The van der Waals surface area contributed by atoms with Gasteiger partial charge in [0.2, 0.25) is 11.8 Å². The molecule has 3 N–H and O–H groups in total. The first kappa shape index (κ1) is 15.3. The second-order valence-electron chi connectivity index (χ2n) is 5.72. The summed E-state index contributed by atoms with van der Waals surface area (Å²) in [4.78, 5) is 29.9. The first-order chi connectivity index (χ1) is 9.97. The van der Waals surface area contributed by atoms with Gasteiger partial charge in [0, 0.05) is 24.9 Å². The summed E-state index contributed by atoms with van der Waals surface area (Å²) in [6.07, 6.45) is 2.95. The Hall–Kier alpha value is -2.11. The molecule has 2 amide bonds. The Kier molecular flexibility index (Phi) is 4.77. The van der Waals surface area contributed by atoms with Crippen LogP contribution in [0.1, 0.15) is 26.7 Å². The number of hydrogen-bond donors (Lipinski definition) is 2. The molecule has 2 heterocycles. The number of carbonyl (C=O) groups excluding carboxylic acids is 2. The molecule has 0 saturated carbocycles. The van der Waals surface area contributed by atoms with Crippen LogP contribution < -0.4 is 11.1 Å². The van der Waals surface area contributed by atoms with Crippen molar-refractivity contribution in [3.63, 3.8) is 0 Å². The normalized spacial score (nSPS) is 16.0. The van der Waals surface area contributed by atoms with Crippen molar-refractivity contribution in [2.45, 2.75) is 26.7 Å². The quantitative estimate of drug-likeness (QED) is 0.883. The van der Waals surface area contributed by atoms with Gasteiger partial charge in [-0.2, -0.15) is 0 Å². The molecule has 0 unspecified atom stereocenters. The van der Waals surface area contributed by atoms with E-state index in [1.165, 1.54) is 0 Å². The van der Waals surface area contributed by atoms with Crippen LogP contribution in [0.3, 0.4) is 0 Å². The molecule has 0 atom stereocenters. The SMILES string of the molecule is CC(C)C(=O)N1CCC(C(=O)Nc2ccc(N)nc2)CC1. The van der Waals surface area contributed by atoms with Crippen LogP contribution >= 0.6 is 0 Å². The van der Waals surface area contributed by atoms with Crippen molar-refractivity contribution in [2.75, 3.05) is 24.1 Å². The maximum Gasteiger partial charge on any atom is 0.227 e. The Labute approximate surface area is 124 Å². The average molecular weight is 290 g/mol. The van der Waals surface area contributed by atoms with Crippen molar-refractivity contribution in [3.8, 4) is 0 Å². The number of anilines is 2. The number of aromatic nitrogens is 1. The molecule has 1 aromatic heterocycles. The number of rotatable bonds is 3.